The molecule has 3 saturated heterocycles. The Bertz CT molecular complexity index is 661. The molecule has 3 unspecified atom stereocenters. The summed E-state index contributed by atoms with van der Waals surface area (Å²) in [6.07, 6.45) is 3.83. The SMILES string of the molecule is CC1CN2CC[C@H]1CC2[C@H](O)c1ccnc2ccccc12.Cl.Cl. The number of fused-ring (bicyclic) bond motifs is 4. The van der Waals surface area contributed by atoms with E-state index in [1.807, 2.05) is 30.5 Å². The molecule has 0 radical (unpaired) electrons. The van der Waals surface area contributed by atoms with Crippen LogP contribution in [0.15, 0.2) is 36.5 Å². The van der Waals surface area contributed by atoms with Gasteiger partial charge in [-0.3, -0.25) is 9.88 Å². The number of benzene rings is 1. The Morgan fingerprint density at radius 2 is 2.00 bits per heavy atom. The Kier molecular flexibility index (Phi) is 5.90. The highest BCUT2D eigenvalue weighted by atomic mass is 35.5. The number of aliphatic hydroxyl groups is 1. The summed E-state index contributed by atoms with van der Waals surface area (Å²) >= 11 is 0. The zero-order valence-corrected chi connectivity index (χ0v) is 14.9. The van der Waals surface area contributed by atoms with Crippen molar-refractivity contribution in [1.29, 1.82) is 0 Å². The van der Waals surface area contributed by atoms with Gasteiger partial charge in [0, 0.05) is 24.2 Å². The molecule has 23 heavy (non-hydrogen) atoms. The van der Waals surface area contributed by atoms with Crippen LogP contribution in [-0.2, 0) is 0 Å². The van der Waals surface area contributed by atoms with Gasteiger partial charge in [0.05, 0.1) is 11.6 Å². The Labute approximate surface area is 149 Å². The van der Waals surface area contributed by atoms with Gasteiger partial charge in [0.15, 0.2) is 0 Å². The summed E-state index contributed by atoms with van der Waals surface area (Å²) in [4.78, 5) is 6.90. The van der Waals surface area contributed by atoms with E-state index < -0.39 is 6.10 Å². The fourth-order valence-electron chi connectivity index (χ4n) is 4.25. The number of halogens is 2. The first-order valence-corrected chi connectivity index (χ1v) is 8.00. The van der Waals surface area contributed by atoms with Crippen molar-refractivity contribution in [2.75, 3.05) is 13.1 Å². The Hall–Kier alpha value is -0.870. The van der Waals surface area contributed by atoms with Crippen LogP contribution in [0.1, 0.15) is 31.4 Å². The fraction of sp³-hybridized carbons (Fsp3) is 0.500. The van der Waals surface area contributed by atoms with E-state index in [0.717, 1.165) is 47.8 Å². The van der Waals surface area contributed by atoms with E-state index in [1.54, 1.807) is 0 Å². The van der Waals surface area contributed by atoms with Crippen LogP contribution in [0.3, 0.4) is 0 Å². The first kappa shape index (κ1) is 18.5. The molecule has 3 nitrogen and oxygen atoms in total. The Morgan fingerprint density at radius 3 is 2.70 bits per heavy atom. The van der Waals surface area contributed by atoms with Crippen LogP contribution >= 0.6 is 24.8 Å². The van der Waals surface area contributed by atoms with Crippen molar-refractivity contribution in [2.24, 2.45) is 11.8 Å². The van der Waals surface area contributed by atoms with Crippen molar-refractivity contribution in [3.05, 3.63) is 42.1 Å². The topological polar surface area (TPSA) is 36.4 Å². The third-order valence-corrected chi connectivity index (χ3v) is 5.49. The number of hydrogen-bond donors (Lipinski definition) is 1. The summed E-state index contributed by atoms with van der Waals surface area (Å²) in [5, 5.41) is 12.1. The summed E-state index contributed by atoms with van der Waals surface area (Å²) in [7, 11) is 0. The number of para-hydroxylation sites is 1. The molecular formula is C18H24Cl2N2O. The van der Waals surface area contributed by atoms with Gasteiger partial charge in [-0.25, -0.2) is 0 Å². The van der Waals surface area contributed by atoms with Gasteiger partial charge in [0.1, 0.15) is 0 Å². The highest BCUT2D eigenvalue weighted by molar-refractivity contribution is 5.85. The number of nitrogens with zero attached hydrogens (tertiary/aromatic N) is 2. The number of piperidine rings is 3. The molecule has 126 valence electrons. The van der Waals surface area contributed by atoms with Crippen molar-refractivity contribution in [1.82, 2.24) is 9.88 Å². The van der Waals surface area contributed by atoms with Gasteiger partial charge >= 0.3 is 0 Å². The van der Waals surface area contributed by atoms with Crippen LogP contribution in [0.4, 0.5) is 0 Å². The van der Waals surface area contributed by atoms with E-state index in [9.17, 15) is 5.11 Å². The minimum absolute atomic E-state index is 0. The molecule has 1 N–H and O–H groups in total. The normalized spacial score (nSPS) is 30.3. The standard InChI is InChI=1S/C18H22N2O.2ClH/c1-12-11-20-9-7-13(12)10-17(20)18(21)15-6-8-19-16-5-3-2-4-14(15)16;;/h2-6,8,12-13,17-18,21H,7,9-11H2,1H3;2*1H/t12?,13-,17?,18+;;/m0../s1. The van der Waals surface area contributed by atoms with Crippen molar-refractivity contribution in [2.45, 2.75) is 31.9 Å². The predicted octanol–water partition coefficient (Wildman–Crippen LogP) is 3.84. The number of pyridine rings is 1. The van der Waals surface area contributed by atoms with E-state index in [0.29, 0.717) is 0 Å². The number of hydrogen-bond acceptors (Lipinski definition) is 3. The summed E-state index contributed by atoms with van der Waals surface area (Å²) in [5.74, 6) is 1.55. The number of rotatable bonds is 2. The molecule has 5 heteroatoms. The van der Waals surface area contributed by atoms with E-state index >= 15 is 0 Å². The maximum Gasteiger partial charge on any atom is 0.0952 e. The van der Waals surface area contributed by atoms with Crippen molar-refractivity contribution in [3.8, 4) is 0 Å². The molecular weight excluding hydrogens is 331 g/mol. The molecule has 3 aliphatic rings. The molecule has 4 heterocycles. The van der Waals surface area contributed by atoms with Crippen molar-refractivity contribution in [3.63, 3.8) is 0 Å². The van der Waals surface area contributed by atoms with Crippen LogP contribution in [0.2, 0.25) is 0 Å². The Balaban J connectivity index is 0.000000960. The van der Waals surface area contributed by atoms with E-state index in [4.69, 9.17) is 0 Å². The third kappa shape index (κ3) is 3.20. The lowest BCUT2D eigenvalue weighted by Gasteiger charge is -2.50. The average molecular weight is 355 g/mol. The van der Waals surface area contributed by atoms with E-state index in [2.05, 4.69) is 22.9 Å². The van der Waals surface area contributed by atoms with Crippen LogP contribution in [0, 0.1) is 11.8 Å². The molecule has 0 spiro atoms. The maximum absolute atomic E-state index is 11.0. The molecule has 2 bridgehead atoms. The van der Waals surface area contributed by atoms with E-state index in [1.165, 1.54) is 6.42 Å². The average Bonchev–Trinajstić information content (AvgIpc) is 2.54. The lowest BCUT2D eigenvalue weighted by atomic mass is 9.74. The molecule has 5 rings (SSSR count). The lowest BCUT2D eigenvalue weighted by Crippen LogP contribution is -2.54. The third-order valence-electron chi connectivity index (χ3n) is 5.49. The summed E-state index contributed by atoms with van der Waals surface area (Å²) < 4.78 is 0. The van der Waals surface area contributed by atoms with Gasteiger partial charge < -0.3 is 5.11 Å². The highest BCUT2D eigenvalue weighted by Gasteiger charge is 2.41. The Morgan fingerprint density at radius 1 is 1.22 bits per heavy atom. The molecule has 1 aromatic carbocycles. The second-order valence-corrected chi connectivity index (χ2v) is 6.69. The van der Waals surface area contributed by atoms with Gasteiger partial charge in [0.2, 0.25) is 0 Å². The maximum atomic E-state index is 11.0. The second kappa shape index (κ2) is 7.35. The smallest absolute Gasteiger partial charge is 0.0952 e. The second-order valence-electron chi connectivity index (χ2n) is 6.69. The van der Waals surface area contributed by atoms with Gasteiger partial charge in [-0.05, 0) is 48.9 Å². The quantitative estimate of drug-likeness (QED) is 0.889. The van der Waals surface area contributed by atoms with Gasteiger partial charge in [-0.2, -0.15) is 0 Å². The molecule has 3 fully saturated rings. The van der Waals surface area contributed by atoms with Gasteiger partial charge in [0.25, 0.3) is 0 Å². The zero-order chi connectivity index (χ0) is 14.4. The summed E-state index contributed by atoms with van der Waals surface area (Å²) in [6.45, 7) is 4.62. The van der Waals surface area contributed by atoms with Crippen LogP contribution in [0.5, 0.6) is 0 Å². The van der Waals surface area contributed by atoms with Gasteiger partial charge in [-0.15, -0.1) is 24.8 Å². The van der Waals surface area contributed by atoms with Crippen molar-refractivity contribution >= 4 is 35.7 Å². The summed E-state index contributed by atoms with van der Waals surface area (Å²) in [5.41, 5.74) is 2.00. The molecule has 3 aliphatic heterocycles. The number of aromatic nitrogens is 1. The molecule has 2 aromatic rings. The first-order valence-electron chi connectivity index (χ1n) is 8.00. The largest absolute Gasteiger partial charge is 0.387 e. The molecule has 0 aliphatic carbocycles. The molecule has 0 saturated carbocycles. The summed E-state index contributed by atoms with van der Waals surface area (Å²) in [6, 6.07) is 10.4. The molecule has 0 amide bonds. The van der Waals surface area contributed by atoms with E-state index in [-0.39, 0.29) is 30.9 Å². The molecule has 1 aromatic heterocycles. The van der Waals surface area contributed by atoms with Crippen LogP contribution in [0.25, 0.3) is 10.9 Å². The first-order chi connectivity index (χ1) is 10.2. The van der Waals surface area contributed by atoms with Gasteiger partial charge in [-0.1, -0.05) is 25.1 Å². The zero-order valence-electron chi connectivity index (χ0n) is 13.3. The fourth-order valence-corrected chi connectivity index (χ4v) is 4.25. The number of aliphatic hydroxyl groups excluding tert-OH is 1. The highest BCUT2D eigenvalue weighted by Crippen LogP contribution is 2.41. The minimum atomic E-state index is -0.409. The molecule has 5 atom stereocenters. The van der Waals surface area contributed by atoms with Crippen molar-refractivity contribution < 1.29 is 5.11 Å². The predicted molar refractivity (Wildman–Crippen MR) is 98.4 cm³/mol. The lowest BCUT2D eigenvalue weighted by molar-refractivity contribution is -0.0510. The monoisotopic (exact) mass is 354 g/mol. The minimum Gasteiger partial charge on any atom is -0.387 e. The van der Waals surface area contributed by atoms with Crippen LogP contribution in [-0.4, -0.2) is 34.1 Å². The van der Waals surface area contributed by atoms with Crippen LogP contribution < -0.4 is 0 Å².